The van der Waals surface area contributed by atoms with E-state index in [1.54, 1.807) is 17.3 Å². The molecule has 1 aromatic rings. The third-order valence-electron chi connectivity index (χ3n) is 1.83. The number of hydrogen-bond donors (Lipinski definition) is 1. The van der Waals surface area contributed by atoms with Crippen LogP contribution in [0.1, 0.15) is 5.76 Å². The number of hydrazine groups is 1. The molecule has 1 saturated heterocycles. The lowest BCUT2D eigenvalue weighted by Gasteiger charge is -2.34. The Morgan fingerprint density at radius 2 is 2.58 bits per heavy atom. The molecule has 0 atom stereocenters. The van der Waals surface area contributed by atoms with Gasteiger partial charge in [0.25, 0.3) is 0 Å². The first-order valence-corrected chi connectivity index (χ1v) is 3.85. The molecule has 2 rings (SSSR count). The van der Waals surface area contributed by atoms with Gasteiger partial charge in [-0.05, 0) is 0 Å². The van der Waals surface area contributed by atoms with E-state index in [0.717, 1.165) is 18.8 Å². The molecular weight excluding hydrogens is 158 g/mol. The van der Waals surface area contributed by atoms with Crippen LogP contribution in [0.5, 0.6) is 0 Å². The summed E-state index contributed by atoms with van der Waals surface area (Å²) in [7, 11) is 0. The Kier molecular flexibility index (Phi) is 2.07. The smallest absolute Gasteiger partial charge is 0.162 e. The molecule has 1 fully saturated rings. The number of aromatic nitrogens is 1. The first kappa shape index (κ1) is 7.72. The summed E-state index contributed by atoms with van der Waals surface area (Å²) in [6.45, 7) is 2.08. The quantitative estimate of drug-likeness (QED) is 0.632. The van der Waals surface area contributed by atoms with E-state index in [1.807, 2.05) is 0 Å². The van der Waals surface area contributed by atoms with Gasteiger partial charge in [-0.15, -0.1) is 0 Å². The van der Waals surface area contributed by atoms with Crippen LogP contribution in [-0.2, 0) is 11.3 Å². The van der Waals surface area contributed by atoms with Gasteiger partial charge in [-0.25, -0.2) is 5.01 Å². The Balaban J connectivity index is 1.70. The molecule has 66 valence electrons. The van der Waals surface area contributed by atoms with Crippen LogP contribution >= 0.6 is 0 Å². The second kappa shape index (κ2) is 3.22. The predicted molar refractivity (Wildman–Crippen MR) is 40.8 cm³/mol. The van der Waals surface area contributed by atoms with Gasteiger partial charge in [0.2, 0.25) is 0 Å². The summed E-state index contributed by atoms with van der Waals surface area (Å²) in [6.07, 6.45) is 1.86. The normalized spacial score (nSPS) is 19.4. The van der Waals surface area contributed by atoms with Crippen molar-refractivity contribution >= 4 is 0 Å². The Morgan fingerprint density at radius 1 is 1.75 bits per heavy atom. The Hall–Kier alpha value is -0.910. The highest BCUT2D eigenvalue weighted by Crippen LogP contribution is 2.09. The summed E-state index contributed by atoms with van der Waals surface area (Å²) in [6, 6.07) is 1.79. The zero-order valence-electron chi connectivity index (χ0n) is 6.64. The molecular formula is C7H11N3O2. The van der Waals surface area contributed by atoms with Crippen LogP contribution in [0.15, 0.2) is 16.8 Å². The van der Waals surface area contributed by atoms with E-state index >= 15 is 0 Å². The molecule has 5 nitrogen and oxygen atoms in total. The third-order valence-corrected chi connectivity index (χ3v) is 1.83. The van der Waals surface area contributed by atoms with Crippen LogP contribution < -0.4 is 5.84 Å². The van der Waals surface area contributed by atoms with Crippen molar-refractivity contribution in [2.75, 3.05) is 13.1 Å². The van der Waals surface area contributed by atoms with Crippen LogP contribution in [0.3, 0.4) is 0 Å². The summed E-state index contributed by atoms with van der Waals surface area (Å²) in [5, 5.41) is 5.28. The van der Waals surface area contributed by atoms with E-state index in [0.29, 0.717) is 6.61 Å². The number of rotatable bonds is 3. The summed E-state index contributed by atoms with van der Waals surface area (Å²) in [4.78, 5) is 0. The first-order chi connectivity index (χ1) is 5.84. The highest BCUT2D eigenvalue weighted by molar-refractivity contribution is 4.91. The topological polar surface area (TPSA) is 64.5 Å². The Morgan fingerprint density at radius 3 is 3.17 bits per heavy atom. The van der Waals surface area contributed by atoms with E-state index in [9.17, 15) is 0 Å². The second-order valence-corrected chi connectivity index (χ2v) is 2.87. The van der Waals surface area contributed by atoms with Crippen molar-refractivity contribution < 1.29 is 9.26 Å². The lowest BCUT2D eigenvalue weighted by molar-refractivity contribution is -0.0683. The van der Waals surface area contributed by atoms with E-state index in [-0.39, 0.29) is 6.10 Å². The second-order valence-electron chi connectivity index (χ2n) is 2.87. The fourth-order valence-corrected chi connectivity index (χ4v) is 1.09. The van der Waals surface area contributed by atoms with Gasteiger partial charge in [-0.2, -0.15) is 0 Å². The first-order valence-electron chi connectivity index (χ1n) is 3.85. The van der Waals surface area contributed by atoms with Crippen LogP contribution in [-0.4, -0.2) is 29.4 Å². The minimum atomic E-state index is 0.250. The molecule has 2 N–H and O–H groups in total. The predicted octanol–water partition coefficient (Wildman–Crippen LogP) is -0.251. The van der Waals surface area contributed by atoms with Gasteiger partial charge in [0.05, 0.1) is 12.3 Å². The zero-order chi connectivity index (χ0) is 8.39. The summed E-state index contributed by atoms with van der Waals surface area (Å²) in [5.41, 5.74) is 0. The van der Waals surface area contributed by atoms with Crippen LogP contribution in [0.25, 0.3) is 0 Å². The average Bonchev–Trinajstić information content (AvgIpc) is 2.47. The van der Waals surface area contributed by atoms with Crippen molar-refractivity contribution in [2.24, 2.45) is 5.84 Å². The molecule has 0 radical (unpaired) electrons. The SMILES string of the molecule is NN1CC(OCc2ccno2)C1. The van der Waals surface area contributed by atoms with E-state index in [1.165, 1.54) is 0 Å². The molecule has 1 aliphatic rings. The van der Waals surface area contributed by atoms with Crippen molar-refractivity contribution in [3.05, 3.63) is 18.0 Å². The van der Waals surface area contributed by atoms with Gasteiger partial charge in [-0.3, -0.25) is 5.84 Å². The number of hydrogen-bond acceptors (Lipinski definition) is 5. The van der Waals surface area contributed by atoms with Crippen LogP contribution in [0.4, 0.5) is 0 Å². The zero-order valence-corrected chi connectivity index (χ0v) is 6.64. The highest BCUT2D eigenvalue weighted by atomic mass is 16.5. The Bertz CT molecular complexity index is 231. The lowest BCUT2D eigenvalue weighted by atomic mass is 10.2. The summed E-state index contributed by atoms with van der Waals surface area (Å²) >= 11 is 0. The highest BCUT2D eigenvalue weighted by Gasteiger charge is 2.24. The fourth-order valence-electron chi connectivity index (χ4n) is 1.09. The lowest BCUT2D eigenvalue weighted by Crippen LogP contribution is -2.55. The molecule has 12 heavy (non-hydrogen) atoms. The van der Waals surface area contributed by atoms with E-state index in [2.05, 4.69) is 5.16 Å². The molecule has 0 spiro atoms. The van der Waals surface area contributed by atoms with Crippen molar-refractivity contribution in [2.45, 2.75) is 12.7 Å². The van der Waals surface area contributed by atoms with Gasteiger partial charge in [0.15, 0.2) is 5.76 Å². The van der Waals surface area contributed by atoms with Crippen molar-refractivity contribution in [3.8, 4) is 0 Å². The molecule has 0 aromatic carbocycles. The maximum atomic E-state index is 5.44. The molecule has 2 heterocycles. The monoisotopic (exact) mass is 169 g/mol. The molecule has 0 amide bonds. The molecule has 5 heteroatoms. The fraction of sp³-hybridized carbons (Fsp3) is 0.571. The number of ether oxygens (including phenoxy) is 1. The molecule has 0 bridgehead atoms. The van der Waals surface area contributed by atoms with Gasteiger partial charge in [-0.1, -0.05) is 5.16 Å². The third kappa shape index (κ3) is 1.63. The Labute approximate surface area is 70.0 Å². The maximum absolute atomic E-state index is 5.44. The minimum absolute atomic E-state index is 0.250. The standard InChI is InChI=1S/C7H11N3O2/c8-10-3-7(4-10)11-5-6-1-2-9-12-6/h1-2,7H,3-5,8H2. The van der Waals surface area contributed by atoms with Crippen molar-refractivity contribution in [1.82, 2.24) is 10.2 Å². The van der Waals surface area contributed by atoms with Gasteiger partial charge in [0, 0.05) is 19.2 Å². The molecule has 0 aliphatic carbocycles. The number of nitrogens with two attached hydrogens (primary N) is 1. The maximum Gasteiger partial charge on any atom is 0.162 e. The number of nitrogens with zero attached hydrogens (tertiary/aromatic N) is 2. The molecule has 0 saturated carbocycles. The van der Waals surface area contributed by atoms with Gasteiger partial charge >= 0.3 is 0 Å². The molecule has 0 unspecified atom stereocenters. The molecule has 1 aliphatic heterocycles. The summed E-state index contributed by atoms with van der Waals surface area (Å²) < 4.78 is 10.3. The molecule has 1 aromatic heterocycles. The largest absolute Gasteiger partial charge is 0.367 e. The van der Waals surface area contributed by atoms with Crippen LogP contribution in [0.2, 0.25) is 0 Å². The van der Waals surface area contributed by atoms with E-state index < -0.39 is 0 Å². The minimum Gasteiger partial charge on any atom is -0.367 e. The van der Waals surface area contributed by atoms with Gasteiger partial charge < -0.3 is 9.26 Å². The van der Waals surface area contributed by atoms with Crippen molar-refractivity contribution in [1.29, 1.82) is 0 Å². The van der Waals surface area contributed by atoms with E-state index in [4.69, 9.17) is 15.1 Å². The van der Waals surface area contributed by atoms with Gasteiger partial charge in [0.1, 0.15) is 6.61 Å². The van der Waals surface area contributed by atoms with Crippen molar-refractivity contribution in [3.63, 3.8) is 0 Å². The van der Waals surface area contributed by atoms with Crippen LogP contribution in [0, 0.1) is 0 Å². The summed E-state index contributed by atoms with van der Waals surface area (Å²) in [5.74, 6) is 6.19. The average molecular weight is 169 g/mol.